The fourth-order valence-electron chi connectivity index (χ4n) is 2.39. The smallest absolute Gasteiger partial charge is 0.123 e. The molecular weight excluding hydrogens is 302 g/mol. The molecule has 1 aromatic rings. The first-order chi connectivity index (χ1) is 7.29. The summed E-state index contributed by atoms with van der Waals surface area (Å²) in [4.78, 5) is 0. The fourth-order valence-corrected chi connectivity index (χ4v) is 3.27. The van der Waals surface area contributed by atoms with Crippen molar-refractivity contribution in [1.82, 2.24) is 0 Å². The molecule has 0 radical (unpaired) electrons. The van der Waals surface area contributed by atoms with Gasteiger partial charge in [0.15, 0.2) is 0 Å². The normalized spacial score (nSPS) is 26.5. The molecule has 1 fully saturated rings. The van der Waals surface area contributed by atoms with Gasteiger partial charge < -0.3 is 0 Å². The SMILES string of the molecule is Fc1ccc(C2CCC(CI)CC2)cc1. The van der Waals surface area contributed by atoms with Gasteiger partial charge in [-0.3, -0.25) is 0 Å². The summed E-state index contributed by atoms with van der Waals surface area (Å²) in [6, 6.07) is 7.06. The second-order valence-electron chi connectivity index (χ2n) is 4.42. The molecule has 82 valence electrons. The van der Waals surface area contributed by atoms with Crippen molar-refractivity contribution in [2.24, 2.45) is 5.92 Å². The Bertz CT molecular complexity index is 299. The van der Waals surface area contributed by atoms with Crippen LogP contribution in [0.25, 0.3) is 0 Å². The average Bonchev–Trinajstić information content (AvgIpc) is 2.30. The Kier molecular flexibility index (Phi) is 4.00. The van der Waals surface area contributed by atoms with E-state index >= 15 is 0 Å². The van der Waals surface area contributed by atoms with Crippen LogP contribution in [0.15, 0.2) is 24.3 Å². The van der Waals surface area contributed by atoms with Gasteiger partial charge in [0.2, 0.25) is 0 Å². The number of benzene rings is 1. The van der Waals surface area contributed by atoms with Crippen molar-refractivity contribution >= 4 is 22.6 Å². The molecule has 0 atom stereocenters. The van der Waals surface area contributed by atoms with E-state index in [0.29, 0.717) is 5.92 Å². The van der Waals surface area contributed by atoms with Gasteiger partial charge in [-0.25, -0.2) is 4.39 Å². The number of halogens is 2. The maximum absolute atomic E-state index is 12.8. The van der Waals surface area contributed by atoms with Gasteiger partial charge >= 0.3 is 0 Å². The Morgan fingerprint density at radius 3 is 2.20 bits per heavy atom. The predicted octanol–water partition coefficient (Wildman–Crippen LogP) is 4.53. The van der Waals surface area contributed by atoms with Crippen molar-refractivity contribution in [2.75, 3.05) is 4.43 Å². The maximum Gasteiger partial charge on any atom is 0.123 e. The van der Waals surface area contributed by atoms with Crippen molar-refractivity contribution in [3.05, 3.63) is 35.6 Å². The van der Waals surface area contributed by atoms with E-state index < -0.39 is 0 Å². The number of hydrogen-bond donors (Lipinski definition) is 0. The maximum atomic E-state index is 12.8. The van der Waals surface area contributed by atoms with Crippen LogP contribution in [-0.2, 0) is 0 Å². The van der Waals surface area contributed by atoms with Gasteiger partial charge in [0.25, 0.3) is 0 Å². The van der Waals surface area contributed by atoms with Gasteiger partial charge in [-0.1, -0.05) is 34.7 Å². The minimum Gasteiger partial charge on any atom is -0.207 e. The second kappa shape index (κ2) is 5.28. The molecule has 0 saturated heterocycles. The molecule has 0 amide bonds. The van der Waals surface area contributed by atoms with E-state index in [1.807, 2.05) is 12.1 Å². The molecule has 0 aromatic heterocycles. The topological polar surface area (TPSA) is 0 Å². The lowest BCUT2D eigenvalue weighted by molar-refractivity contribution is 0.355. The Morgan fingerprint density at radius 2 is 1.67 bits per heavy atom. The van der Waals surface area contributed by atoms with Crippen LogP contribution in [0.4, 0.5) is 4.39 Å². The molecule has 15 heavy (non-hydrogen) atoms. The lowest BCUT2D eigenvalue weighted by atomic mass is 9.79. The fraction of sp³-hybridized carbons (Fsp3) is 0.538. The molecule has 1 aliphatic rings. The van der Waals surface area contributed by atoms with E-state index in [2.05, 4.69) is 22.6 Å². The zero-order valence-corrected chi connectivity index (χ0v) is 10.9. The van der Waals surface area contributed by atoms with Crippen LogP contribution in [0, 0.1) is 11.7 Å². The monoisotopic (exact) mass is 318 g/mol. The van der Waals surface area contributed by atoms with Crippen molar-refractivity contribution < 1.29 is 4.39 Å². The Hall–Kier alpha value is -0.120. The molecule has 2 rings (SSSR count). The molecule has 0 aliphatic heterocycles. The van der Waals surface area contributed by atoms with Crippen LogP contribution < -0.4 is 0 Å². The quantitative estimate of drug-likeness (QED) is 0.555. The van der Waals surface area contributed by atoms with E-state index in [1.54, 1.807) is 12.1 Å². The molecule has 2 heteroatoms. The first kappa shape index (κ1) is 11.4. The summed E-state index contributed by atoms with van der Waals surface area (Å²) in [5.41, 5.74) is 1.32. The molecular formula is C13H16FI. The van der Waals surface area contributed by atoms with Crippen LogP contribution in [0.2, 0.25) is 0 Å². The van der Waals surface area contributed by atoms with Crippen LogP contribution in [0.5, 0.6) is 0 Å². The molecule has 0 bridgehead atoms. The summed E-state index contributed by atoms with van der Waals surface area (Å²) in [7, 11) is 0. The summed E-state index contributed by atoms with van der Waals surface area (Å²) >= 11 is 2.48. The average molecular weight is 318 g/mol. The molecule has 0 N–H and O–H groups in total. The van der Waals surface area contributed by atoms with Crippen LogP contribution in [0.1, 0.15) is 37.2 Å². The molecule has 0 nitrogen and oxygen atoms in total. The molecule has 0 heterocycles. The Balaban J connectivity index is 1.98. The number of hydrogen-bond acceptors (Lipinski definition) is 0. The third-order valence-corrected chi connectivity index (χ3v) is 4.65. The van der Waals surface area contributed by atoms with Gasteiger partial charge in [0.1, 0.15) is 5.82 Å². The molecule has 1 aromatic carbocycles. The van der Waals surface area contributed by atoms with Crippen molar-refractivity contribution in [3.63, 3.8) is 0 Å². The van der Waals surface area contributed by atoms with Gasteiger partial charge in [-0.2, -0.15) is 0 Å². The van der Waals surface area contributed by atoms with Gasteiger partial charge in [0, 0.05) is 4.43 Å². The molecule has 0 spiro atoms. The summed E-state index contributed by atoms with van der Waals surface area (Å²) < 4.78 is 14.1. The minimum atomic E-state index is -0.125. The standard InChI is InChI=1S/C13H16FI/c14-13-7-5-12(6-8-13)11-3-1-10(9-15)2-4-11/h5-8,10-11H,1-4,9H2. The highest BCUT2D eigenvalue weighted by atomic mass is 127. The highest BCUT2D eigenvalue weighted by Crippen LogP contribution is 2.36. The molecule has 0 unspecified atom stereocenters. The second-order valence-corrected chi connectivity index (χ2v) is 5.30. The Labute approximate surface area is 104 Å². The zero-order valence-electron chi connectivity index (χ0n) is 8.76. The van der Waals surface area contributed by atoms with Crippen LogP contribution in [-0.4, -0.2) is 4.43 Å². The highest BCUT2D eigenvalue weighted by molar-refractivity contribution is 14.1. The van der Waals surface area contributed by atoms with Crippen molar-refractivity contribution in [1.29, 1.82) is 0 Å². The summed E-state index contributed by atoms with van der Waals surface area (Å²) in [5.74, 6) is 1.46. The van der Waals surface area contributed by atoms with E-state index in [0.717, 1.165) is 5.92 Å². The van der Waals surface area contributed by atoms with Gasteiger partial charge in [-0.05, 0) is 55.2 Å². The highest BCUT2D eigenvalue weighted by Gasteiger charge is 2.21. The van der Waals surface area contributed by atoms with E-state index in [4.69, 9.17) is 0 Å². The largest absolute Gasteiger partial charge is 0.207 e. The van der Waals surface area contributed by atoms with Gasteiger partial charge in [-0.15, -0.1) is 0 Å². The first-order valence-electron chi connectivity index (χ1n) is 5.61. The summed E-state index contributed by atoms with van der Waals surface area (Å²) in [6.07, 6.45) is 5.23. The van der Waals surface area contributed by atoms with E-state index in [9.17, 15) is 4.39 Å². The first-order valence-corrected chi connectivity index (χ1v) is 7.13. The lowest BCUT2D eigenvalue weighted by Crippen LogP contribution is -2.14. The van der Waals surface area contributed by atoms with Crippen LogP contribution in [0.3, 0.4) is 0 Å². The lowest BCUT2D eigenvalue weighted by Gasteiger charge is -2.27. The van der Waals surface area contributed by atoms with Gasteiger partial charge in [0.05, 0.1) is 0 Å². The number of rotatable bonds is 2. The summed E-state index contributed by atoms with van der Waals surface area (Å²) in [5, 5.41) is 0. The zero-order chi connectivity index (χ0) is 10.7. The number of alkyl halides is 1. The van der Waals surface area contributed by atoms with Crippen molar-refractivity contribution in [2.45, 2.75) is 31.6 Å². The third-order valence-electron chi connectivity index (χ3n) is 3.41. The Morgan fingerprint density at radius 1 is 1.07 bits per heavy atom. The van der Waals surface area contributed by atoms with Crippen molar-refractivity contribution in [3.8, 4) is 0 Å². The summed E-state index contributed by atoms with van der Waals surface area (Å²) in [6.45, 7) is 0. The predicted molar refractivity (Wildman–Crippen MR) is 70.0 cm³/mol. The molecule has 1 aliphatic carbocycles. The third kappa shape index (κ3) is 2.92. The van der Waals surface area contributed by atoms with E-state index in [1.165, 1.54) is 35.7 Å². The molecule has 1 saturated carbocycles. The minimum absolute atomic E-state index is 0.125. The van der Waals surface area contributed by atoms with E-state index in [-0.39, 0.29) is 5.82 Å². The van der Waals surface area contributed by atoms with Crippen LogP contribution >= 0.6 is 22.6 Å².